The second kappa shape index (κ2) is 7.20. The highest BCUT2D eigenvalue weighted by Crippen LogP contribution is 2.29. The van der Waals surface area contributed by atoms with Crippen molar-refractivity contribution in [2.75, 3.05) is 33.3 Å². The molecule has 1 rings (SSSR count). The molecule has 0 bridgehead atoms. The van der Waals surface area contributed by atoms with E-state index in [1.54, 1.807) is 7.11 Å². The summed E-state index contributed by atoms with van der Waals surface area (Å²) in [6, 6.07) is 0. The lowest BCUT2D eigenvalue weighted by Gasteiger charge is -2.23. The molecule has 90 valence electrons. The third kappa shape index (κ3) is 5.50. The highest BCUT2D eigenvalue weighted by Gasteiger charge is 2.24. The maximum absolute atomic E-state index is 5.61. The highest BCUT2D eigenvalue weighted by atomic mass is 16.5. The lowest BCUT2D eigenvalue weighted by Crippen LogP contribution is -2.33. The normalized spacial score (nSPS) is 18.4. The maximum Gasteiger partial charge on any atom is 0.0705 e. The molecule has 0 radical (unpaired) electrons. The summed E-state index contributed by atoms with van der Waals surface area (Å²) in [5.41, 5.74) is 5.61. The first-order chi connectivity index (χ1) is 7.30. The fourth-order valence-corrected chi connectivity index (χ4v) is 1.93. The lowest BCUT2D eigenvalue weighted by atomic mass is 10.2. The maximum atomic E-state index is 5.61. The molecule has 3 heteroatoms. The number of hydrogen-bond donors (Lipinski definition) is 1. The molecule has 0 saturated heterocycles. The molecule has 1 aliphatic rings. The van der Waals surface area contributed by atoms with E-state index in [9.17, 15) is 0 Å². The minimum atomic E-state index is 0.239. The second-order valence-electron chi connectivity index (χ2n) is 4.63. The average Bonchev–Trinajstić information content (AvgIpc) is 3.03. The molecule has 2 N–H and O–H groups in total. The van der Waals surface area contributed by atoms with Gasteiger partial charge in [-0.1, -0.05) is 6.92 Å². The van der Waals surface area contributed by atoms with Crippen molar-refractivity contribution in [2.24, 2.45) is 11.7 Å². The SMILES string of the molecule is CCCN(CCC(CN)OC)CC1CC1. The van der Waals surface area contributed by atoms with Gasteiger partial charge in [0.05, 0.1) is 6.10 Å². The quantitative estimate of drug-likeness (QED) is 0.632. The summed E-state index contributed by atoms with van der Waals surface area (Å²) in [7, 11) is 1.75. The van der Waals surface area contributed by atoms with Gasteiger partial charge in [-0.15, -0.1) is 0 Å². The number of nitrogens with zero attached hydrogens (tertiary/aromatic N) is 1. The third-order valence-corrected chi connectivity index (χ3v) is 3.12. The van der Waals surface area contributed by atoms with Crippen molar-refractivity contribution in [2.45, 2.75) is 38.7 Å². The van der Waals surface area contributed by atoms with E-state index in [2.05, 4.69) is 11.8 Å². The van der Waals surface area contributed by atoms with Gasteiger partial charge in [-0.3, -0.25) is 0 Å². The third-order valence-electron chi connectivity index (χ3n) is 3.12. The summed E-state index contributed by atoms with van der Waals surface area (Å²) >= 11 is 0. The molecule has 15 heavy (non-hydrogen) atoms. The Balaban J connectivity index is 2.16. The molecule has 0 aromatic carbocycles. The molecule has 1 fully saturated rings. The zero-order chi connectivity index (χ0) is 11.1. The van der Waals surface area contributed by atoms with Gasteiger partial charge in [0.15, 0.2) is 0 Å². The van der Waals surface area contributed by atoms with E-state index < -0.39 is 0 Å². The van der Waals surface area contributed by atoms with Crippen LogP contribution in [0, 0.1) is 5.92 Å². The van der Waals surface area contributed by atoms with Crippen molar-refractivity contribution in [3.63, 3.8) is 0 Å². The summed E-state index contributed by atoms with van der Waals surface area (Å²) in [6.45, 7) is 6.53. The molecule has 1 saturated carbocycles. The number of ether oxygens (including phenoxy) is 1. The van der Waals surface area contributed by atoms with E-state index in [4.69, 9.17) is 10.5 Å². The molecule has 0 amide bonds. The van der Waals surface area contributed by atoms with E-state index in [-0.39, 0.29) is 6.10 Å². The van der Waals surface area contributed by atoms with Crippen LogP contribution in [-0.4, -0.2) is 44.3 Å². The van der Waals surface area contributed by atoms with Crippen LogP contribution in [0.15, 0.2) is 0 Å². The minimum absolute atomic E-state index is 0.239. The van der Waals surface area contributed by atoms with Crippen LogP contribution in [0.25, 0.3) is 0 Å². The van der Waals surface area contributed by atoms with E-state index in [1.807, 2.05) is 0 Å². The molecule has 1 atom stereocenters. The Morgan fingerprint density at radius 1 is 1.40 bits per heavy atom. The fraction of sp³-hybridized carbons (Fsp3) is 1.00. The van der Waals surface area contributed by atoms with Crippen molar-refractivity contribution in [1.29, 1.82) is 0 Å². The predicted molar refractivity (Wildman–Crippen MR) is 63.9 cm³/mol. The van der Waals surface area contributed by atoms with Gasteiger partial charge in [0.1, 0.15) is 0 Å². The zero-order valence-electron chi connectivity index (χ0n) is 10.2. The summed E-state index contributed by atoms with van der Waals surface area (Å²) in [5.74, 6) is 0.982. The van der Waals surface area contributed by atoms with Crippen molar-refractivity contribution < 1.29 is 4.74 Å². The molecule has 0 aromatic rings. The van der Waals surface area contributed by atoms with Crippen LogP contribution in [0.5, 0.6) is 0 Å². The Morgan fingerprint density at radius 3 is 2.60 bits per heavy atom. The fourth-order valence-electron chi connectivity index (χ4n) is 1.93. The van der Waals surface area contributed by atoms with Gasteiger partial charge in [0, 0.05) is 26.7 Å². The van der Waals surface area contributed by atoms with Gasteiger partial charge in [0.25, 0.3) is 0 Å². The minimum Gasteiger partial charge on any atom is -0.380 e. The topological polar surface area (TPSA) is 38.5 Å². The van der Waals surface area contributed by atoms with Crippen LogP contribution in [0.3, 0.4) is 0 Å². The molecular formula is C12H26N2O. The van der Waals surface area contributed by atoms with Crippen LogP contribution >= 0.6 is 0 Å². The zero-order valence-corrected chi connectivity index (χ0v) is 10.2. The highest BCUT2D eigenvalue weighted by molar-refractivity contribution is 4.77. The predicted octanol–water partition coefficient (Wildman–Crippen LogP) is 1.47. The standard InChI is InChI=1S/C12H26N2O/c1-3-7-14(10-11-4-5-11)8-6-12(9-13)15-2/h11-12H,3-10,13H2,1-2H3. The van der Waals surface area contributed by atoms with Gasteiger partial charge in [-0.2, -0.15) is 0 Å². The van der Waals surface area contributed by atoms with Gasteiger partial charge in [-0.25, -0.2) is 0 Å². The molecular weight excluding hydrogens is 188 g/mol. The first-order valence-corrected chi connectivity index (χ1v) is 6.25. The molecule has 0 spiro atoms. The summed E-state index contributed by atoms with van der Waals surface area (Å²) in [4.78, 5) is 2.57. The van der Waals surface area contributed by atoms with Gasteiger partial charge in [0.2, 0.25) is 0 Å². The molecule has 1 unspecified atom stereocenters. The number of hydrogen-bond acceptors (Lipinski definition) is 3. The van der Waals surface area contributed by atoms with Crippen molar-refractivity contribution in [1.82, 2.24) is 4.90 Å². The largest absolute Gasteiger partial charge is 0.380 e. The lowest BCUT2D eigenvalue weighted by molar-refractivity contribution is 0.0886. The second-order valence-corrected chi connectivity index (χ2v) is 4.63. The Hall–Kier alpha value is -0.120. The van der Waals surface area contributed by atoms with E-state index in [0.717, 1.165) is 18.9 Å². The van der Waals surface area contributed by atoms with Crippen LogP contribution < -0.4 is 5.73 Å². The Morgan fingerprint density at radius 2 is 2.13 bits per heavy atom. The number of nitrogens with two attached hydrogens (primary N) is 1. The average molecular weight is 214 g/mol. The first kappa shape index (κ1) is 12.9. The van der Waals surface area contributed by atoms with Crippen molar-refractivity contribution >= 4 is 0 Å². The van der Waals surface area contributed by atoms with Crippen LogP contribution in [0.4, 0.5) is 0 Å². The Kier molecular flexibility index (Phi) is 6.22. The van der Waals surface area contributed by atoms with E-state index in [0.29, 0.717) is 6.54 Å². The van der Waals surface area contributed by atoms with Crippen molar-refractivity contribution in [3.8, 4) is 0 Å². The van der Waals surface area contributed by atoms with Gasteiger partial charge in [-0.05, 0) is 38.1 Å². The van der Waals surface area contributed by atoms with Crippen LogP contribution in [0.2, 0.25) is 0 Å². The van der Waals surface area contributed by atoms with Gasteiger partial charge < -0.3 is 15.4 Å². The Bertz CT molecular complexity index is 156. The van der Waals surface area contributed by atoms with Gasteiger partial charge >= 0.3 is 0 Å². The number of methoxy groups -OCH3 is 1. The van der Waals surface area contributed by atoms with Crippen molar-refractivity contribution in [3.05, 3.63) is 0 Å². The first-order valence-electron chi connectivity index (χ1n) is 6.25. The molecule has 0 aliphatic heterocycles. The monoisotopic (exact) mass is 214 g/mol. The van der Waals surface area contributed by atoms with Crippen LogP contribution in [-0.2, 0) is 4.74 Å². The smallest absolute Gasteiger partial charge is 0.0705 e. The molecule has 0 heterocycles. The summed E-state index contributed by atoms with van der Waals surface area (Å²) in [5, 5.41) is 0. The summed E-state index contributed by atoms with van der Waals surface area (Å²) < 4.78 is 5.30. The summed E-state index contributed by atoms with van der Waals surface area (Å²) in [6.07, 6.45) is 5.42. The van der Waals surface area contributed by atoms with E-state index >= 15 is 0 Å². The molecule has 0 aromatic heterocycles. The van der Waals surface area contributed by atoms with E-state index in [1.165, 1.54) is 32.4 Å². The molecule has 1 aliphatic carbocycles. The number of rotatable bonds is 9. The molecule has 3 nitrogen and oxygen atoms in total. The Labute approximate surface area is 94.0 Å². The van der Waals surface area contributed by atoms with Crippen LogP contribution in [0.1, 0.15) is 32.6 Å².